The van der Waals surface area contributed by atoms with E-state index in [2.05, 4.69) is 0 Å². The van der Waals surface area contributed by atoms with E-state index in [9.17, 15) is 0 Å². The molecule has 1 radical (unpaired) electrons. The van der Waals surface area contributed by atoms with Crippen molar-refractivity contribution >= 4 is 11.6 Å². The summed E-state index contributed by atoms with van der Waals surface area (Å²) >= 11 is 5.77. The van der Waals surface area contributed by atoms with E-state index >= 15 is 0 Å². The summed E-state index contributed by atoms with van der Waals surface area (Å²) in [6.07, 6.45) is 0. The van der Waals surface area contributed by atoms with Crippen molar-refractivity contribution in [3.05, 3.63) is 34.3 Å². The molecule has 0 unspecified atom stereocenters. The molecule has 1 N–H and O–H groups in total. The van der Waals surface area contributed by atoms with Crippen LogP contribution in [0.25, 0.3) is 0 Å². The normalized spacial score (nSPS) is 9.00. The summed E-state index contributed by atoms with van der Waals surface area (Å²) in [5.41, 5.74) is 1.86. The Hall–Kier alpha value is 0.912. The van der Waals surface area contributed by atoms with Gasteiger partial charge in [-0.05, 0) is 24.1 Å². The first-order chi connectivity index (χ1) is 4.75. The molecule has 0 saturated heterocycles. The molecule has 0 aliphatic heterocycles. The molecule has 3 heteroatoms. The summed E-state index contributed by atoms with van der Waals surface area (Å²) in [6, 6.07) is 5.58. The van der Waals surface area contributed by atoms with E-state index in [1.54, 1.807) is 6.07 Å². The second kappa shape index (κ2) is 5.54. The standard InChI is InChI=1S/C8H9ClO.Ac/c1-6-3-2-4-8(9)7(6)5-10;/h2-4,10H,5H2,1H3;. The predicted molar refractivity (Wildman–Crippen MR) is 42.1 cm³/mol. The van der Waals surface area contributed by atoms with Crippen molar-refractivity contribution in [1.29, 1.82) is 0 Å². The number of rotatable bonds is 1. The van der Waals surface area contributed by atoms with E-state index in [4.69, 9.17) is 16.7 Å². The Labute approximate surface area is 107 Å². The fourth-order valence-corrected chi connectivity index (χ4v) is 1.15. The molecule has 0 aromatic heterocycles. The molecule has 0 heterocycles. The van der Waals surface area contributed by atoms with Crippen molar-refractivity contribution in [1.82, 2.24) is 0 Å². The second-order valence-corrected chi connectivity index (χ2v) is 2.60. The Bertz CT molecular complexity index is 217. The number of halogens is 1. The third-order valence-corrected chi connectivity index (χ3v) is 1.87. The molecule has 0 saturated carbocycles. The number of hydrogen-bond acceptors (Lipinski definition) is 1. The van der Waals surface area contributed by atoms with E-state index in [0.717, 1.165) is 11.1 Å². The fraction of sp³-hybridized carbons (Fsp3) is 0.250. The Kier molecular flexibility index (Phi) is 6.00. The zero-order chi connectivity index (χ0) is 7.56. The number of benzene rings is 1. The van der Waals surface area contributed by atoms with E-state index in [0.29, 0.717) is 5.02 Å². The van der Waals surface area contributed by atoms with Crippen molar-refractivity contribution in [2.24, 2.45) is 0 Å². The van der Waals surface area contributed by atoms with Gasteiger partial charge in [0.1, 0.15) is 0 Å². The van der Waals surface area contributed by atoms with E-state index in [1.165, 1.54) is 0 Å². The zero-order valence-electron chi connectivity index (χ0n) is 6.34. The van der Waals surface area contributed by atoms with E-state index in [-0.39, 0.29) is 50.7 Å². The minimum absolute atomic E-state index is 0. The summed E-state index contributed by atoms with van der Waals surface area (Å²) in [6.45, 7) is 1.95. The van der Waals surface area contributed by atoms with Crippen LogP contribution in [0.1, 0.15) is 11.1 Å². The second-order valence-electron chi connectivity index (χ2n) is 2.19. The largest absolute Gasteiger partial charge is 0.392 e. The van der Waals surface area contributed by atoms with Gasteiger partial charge >= 0.3 is 0 Å². The Morgan fingerprint density at radius 1 is 1.45 bits per heavy atom. The third-order valence-electron chi connectivity index (χ3n) is 1.51. The minimum atomic E-state index is 0. The van der Waals surface area contributed by atoms with Crippen LogP contribution in [-0.2, 0) is 6.61 Å². The van der Waals surface area contributed by atoms with Crippen molar-refractivity contribution < 1.29 is 49.2 Å². The summed E-state index contributed by atoms with van der Waals surface area (Å²) in [4.78, 5) is 0. The monoisotopic (exact) mass is 383 g/mol. The number of hydrogen-bond donors (Lipinski definition) is 1. The van der Waals surface area contributed by atoms with Gasteiger partial charge in [0.15, 0.2) is 0 Å². The van der Waals surface area contributed by atoms with Gasteiger partial charge in [0.2, 0.25) is 0 Å². The molecular formula is C8H9AcClO. The Morgan fingerprint density at radius 2 is 2.09 bits per heavy atom. The van der Waals surface area contributed by atoms with Gasteiger partial charge in [-0.1, -0.05) is 23.7 Å². The van der Waals surface area contributed by atoms with Gasteiger partial charge in [-0.25, -0.2) is 0 Å². The van der Waals surface area contributed by atoms with Gasteiger partial charge in [0, 0.05) is 49.1 Å². The summed E-state index contributed by atoms with van der Waals surface area (Å²) in [7, 11) is 0. The van der Waals surface area contributed by atoms with E-state index < -0.39 is 0 Å². The molecule has 0 bridgehead atoms. The molecule has 11 heavy (non-hydrogen) atoms. The van der Waals surface area contributed by atoms with Crippen LogP contribution < -0.4 is 0 Å². The first kappa shape index (κ1) is 11.9. The van der Waals surface area contributed by atoms with Crippen molar-refractivity contribution in [2.45, 2.75) is 13.5 Å². The van der Waals surface area contributed by atoms with Crippen molar-refractivity contribution in [3.63, 3.8) is 0 Å². The Balaban J connectivity index is 0.000001000. The van der Waals surface area contributed by atoms with Gasteiger partial charge in [-0.2, -0.15) is 0 Å². The maximum Gasteiger partial charge on any atom is 0.0698 e. The van der Waals surface area contributed by atoms with Crippen LogP contribution in [-0.4, -0.2) is 5.11 Å². The van der Waals surface area contributed by atoms with Gasteiger partial charge in [0.25, 0.3) is 0 Å². The molecule has 0 spiro atoms. The minimum Gasteiger partial charge on any atom is -0.392 e. The molecule has 0 aliphatic carbocycles. The SMILES string of the molecule is Cc1cccc(Cl)c1CO.[Ac]. The summed E-state index contributed by atoms with van der Waals surface area (Å²) in [5.74, 6) is 0. The van der Waals surface area contributed by atoms with Gasteiger partial charge in [-0.3, -0.25) is 0 Å². The average molecular weight is 384 g/mol. The van der Waals surface area contributed by atoms with Crippen molar-refractivity contribution in [2.75, 3.05) is 0 Å². The number of aliphatic hydroxyl groups excluding tert-OH is 1. The predicted octanol–water partition coefficient (Wildman–Crippen LogP) is 2.14. The molecule has 0 atom stereocenters. The molecule has 1 rings (SSSR count). The zero-order valence-corrected chi connectivity index (χ0v) is 11.8. The first-order valence-corrected chi connectivity index (χ1v) is 3.48. The number of aryl methyl sites for hydroxylation is 1. The van der Waals surface area contributed by atoms with Crippen LogP contribution in [0.3, 0.4) is 0 Å². The van der Waals surface area contributed by atoms with Gasteiger partial charge in [0.05, 0.1) is 6.61 Å². The quantitative estimate of drug-likeness (QED) is 0.788. The molecule has 1 aromatic rings. The molecule has 57 valence electrons. The first-order valence-electron chi connectivity index (χ1n) is 3.10. The number of aliphatic hydroxyl groups is 1. The smallest absolute Gasteiger partial charge is 0.0698 e. The topological polar surface area (TPSA) is 20.2 Å². The van der Waals surface area contributed by atoms with Crippen LogP contribution in [0.4, 0.5) is 0 Å². The van der Waals surface area contributed by atoms with Crippen LogP contribution in [0.15, 0.2) is 18.2 Å². The summed E-state index contributed by atoms with van der Waals surface area (Å²) < 4.78 is 0. The van der Waals surface area contributed by atoms with Gasteiger partial charge in [-0.15, -0.1) is 0 Å². The molecule has 0 fully saturated rings. The van der Waals surface area contributed by atoms with Gasteiger partial charge < -0.3 is 5.11 Å². The molecule has 1 nitrogen and oxygen atoms in total. The molecule has 0 amide bonds. The molecule has 0 aliphatic rings. The molecular weight excluding hydrogens is 375 g/mol. The third kappa shape index (κ3) is 3.03. The average Bonchev–Trinajstić information content (AvgIpc) is 1.88. The summed E-state index contributed by atoms with van der Waals surface area (Å²) in [5, 5.41) is 9.46. The van der Waals surface area contributed by atoms with Crippen LogP contribution in [0, 0.1) is 51.0 Å². The van der Waals surface area contributed by atoms with Crippen LogP contribution in [0.2, 0.25) is 5.02 Å². The maximum absolute atomic E-state index is 8.81. The van der Waals surface area contributed by atoms with Crippen LogP contribution >= 0.6 is 11.6 Å². The van der Waals surface area contributed by atoms with Crippen LogP contribution in [0.5, 0.6) is 0 Å². The van der Waals surface area contributed by atoms with Crippen molar-refractivity contribution in [3.8, 4) is 0 Å². The maximum atomic E-state index is 8.81. The Morgan fingerprint density at radius 3 is 2.45 bits per heavy atom. The van der Waals surface area contributed by atoms with E-state index in [1.807, 2.05) is 19.1 Å². The fourth-order valence-electron chi connectivity index (χ4n) is 0.867. The molecule has 1 aromatic carbocycles.